The number of benzene rings is 4. The molecule has 196 valence electrons. The minimum Gasteiger partial charge on any atom is -0.211 e. The molecular formula is C32H24N4O4. The van der Waals surface area contributed by atoms with Crippen molar-refractivity contribution in [2.45, 2.75) is 26.7 Å². The lowest BCUT2D eigenvalue weighted by Gasteiger charge is -2.12. The smallest absolute Gasteiger partial charge is 0.211 e. The van der Waals surface area contributed by atoms with Crippen LogP contribution in [-0.2, 0) is 19.2 Å². The van der Waals surface area contributed by atoms with Crippen molar-refractivity contribution in [3.05, 3.63) is 107 Å². The van der Waals surface area contributed by atoms with Crippen LogP contribution in [0.15, 0.2) is 105 Å². The predicted octanol–water partition coefficient (Wildman–Crippen LogP) is 7.68. The van der Waals surface area contributed by atoms with E-state index in [1.807, 2.05) is 62.4 Å². The third-order valence-electron chi connectivity index (χ3n) is 6.20. The predicted molar refractivity (Wildman–Crippen MR) is 153 cm³/mol. The molecular weight excluding hydrogens is 504 g/mol. The standard InChI is InChI=1S/2C16H12N2O2/c1-12(13-2-6-15(7-3-13)17-10-19)14-4-8-16(9-5-14)18-11-20;1-11-7-13(17-9-19)3-5-15(11)16-6-4-14(18-10-20)8-12(16)2/h2-9,12H,1H3;3-8H,1-2H3. The molecule has 0 saturated heterocycles. The van der Waals surface area contributed by atoms with Crippen molar-refractivity contribution in [2.75, 3.05) is 0 Å². The third-order valence-corrected chi connectivity index (χ3v) is 6.20. The minimum atomic E-state index is 0.193. The highest BCUT2D eigenvalue weighted by Gasteiger charge is 2.09. The highest BCUT2D eigenvalue weighted by atomic mass is 16.1. The molecule has 0 fully saturated rings. The number of rotatable bonds is 7. The number of nitrogens with zero attached hydrogens (tertiary/aromatic N) is 4. The second-order valence-electron chi connectivity index (χ2n) is 8.72. The minimum absolute atomic E-state index is 0.193. The number of aryl methyl sites for hydroxylation is 2. The second kappa shape index (κ2) is 14.4. The fraction of sp³-hybridized carbons (Fsp3) is 0.125. The van der Waals surface area contributed by atoms with Crippen LogP contribution in [-0.4, -0.2) is 24.3 Å². The molecule has 0 N–H and O–H groups in total. The molecule has 0 aliphatic carbocycles. The molecule has 0 radical (unpaired) electrons. The van der Waals surface area contributed by atoms with Gasteiger partial charge in [-0.2, -0.15) is 20.0 Å². The van der Waals surface area contributed by atoms with Gasteiger partial charge in [0.2, 0.25) is 24.3 Å². The molecule has 4 aromatic carbocycles. The average Bonchev–Trinajstić information content (AvgIpc) is 2.95. The Hall–Kier alpha value is -5.60. The lowest BCUT2D eigenvalue weighted by molar-refractivity contribution is 0.564. The molecule has 0 aromatic heterocycles. The molecule has 4 rings (SSSR count). The molecule has 0 saturated carbocycles. The molecule has 0 aliphatic rings. The van der Waals surface area contributed by atoms with Crippen molar-refractivity contribution < 1.29 is 19.2 Å². The van der Waals surface area contributed by atoms with Crippen molar-refractivity contribution in [3.8, 4) is 11.1 Å². The molecule has 0 spiro atoms. The van der Waals surface area contributed by atoms with Crippen LogP contribution in [0.5, 0.6) is 0 Å². The lowest BCUT2D eigenvalue weighted by Crippen LogP contribution is -1.94. The normalized spacial score (nSPS) is 10.3. The molecule has 0 atom stereocenters. The van der Waals surface area contributed by atoms with E-state index in [0.29, 0.717) is 22.7 Å². The van der Waals surface area contributed by atoms with E-state index in [1.54, 1.807) is 36.4 Å². The molecule has 4 aromatic rings. The van der Waals surface area contributed by atoms with Crippen LogP contribution in [0.3, 0.4) is 0 Å². The number of isocyanates is 4. The number of aliphatic imine (C=N–C) groups is 4. The van der Waals surface area contributed by atoms with Crippen LogP contribution < -0.4 is 0 Å². The molecule has 8 nitrogen and oxygen atoms in total. The van der Waals surface area contributed by atoms with Gasteiger partial charge in [0, 0.05) is 5.92 Å². The number of carbonyl (C=O) groups excluding carboxylic acids is 4. The zero-order valence-corrected chi connectivity index (χ0v) is 22.1. The van der Waals surface area contributed by atoms with Gasteiger partial charge in [-0.15, -0.1) is 0 Å². The highest BCUT2D eigenvalue weighted by molar-refractivity contribution is 5.74. The van der Waals surface area contributed by atoms with Crippen molar-refractivity contribution in [1.82, 2.24) is 0 Å². The first-order chi connectivity index (χ1) is 19.4. The Morgan fingerprint density at radius 2 is 0.775 bits per heavy atom. The van der Waals surface area contributed by atoms with Crippen LogP contribution in [0.1, 0.15) is 35.1 Å². The summed E-state index contributed by atoms with van der Waals surface area (Å²) in [6.07, 6.45) is 6.09. The van der Waals surface area contributed by atoms with Crippen molar-refractivity contribution >= 4 is 47.1 Å². The Kier molecular flexibility index (Phi) is 10.4. The van der Waals surface area contributed by atoms with Gasteiger partial charge in [0.05, 0.1) is 22.7 Å². The number of hydrogen-bond donors (Lipinski definition) is 0. The Labute approximate surface area is 231 Å². The van der Waals surface area contributed by atoms with Crippen LogP contribution in [0, 0.1) is 13.8 Å². The molecule has 0 amide bonds. The quantitative estimate of drug-likeness (QED) is 0.180. The Morgan fingerprint density at radius 1 is 0.475 bits per heavy atom. The summed E-state index contributed by atoms with van der Waals surface area (Å²) in [5.41, 5.74) is 8.69. The maximum absolute atomic E-state index is 10.3. The summed E-state index contributed by atoms with van der Waals surface area (Å²) < 4.78 is 0. The van der Waals surface area contributed by atoms with E-state index in [9.17, 15) is 19.2 Å². The zero-order chi connectivity index (χ0) is 28.9. The topological polar surface area (TPSA) is 118 Å². The lowest BCUT2D eigenvalue weighted by atomic mass is 9.93. The van der Waals surface area contributed by atoms with Crippen LogP contribution >= 0.6 is 0 Å². The molecule has 0 aliphatic heterocycles. The van der Waals surface area contributed by atoms with Gasteiger partial charge in [-0.3, -0.25) is 0 Å². The molecule has 40 heavy (non-hydrogen) atoms. The summed E-state index contributed by atoms with van der Waals surface area (Å²) in [7, 11) is 0. The van der Waals surface area contributed by atoms with E-state index in [-0.39, 0.29) is 5.92 Å². The van der Waals surface area contributed by atoms with Gasteiger partial charge in [-0.25, -0.2) is 19.2 Å². The maximum Gasteiger partial charge on any atom is 0.240 e. The highest BCUT2D eigenvalue weighted by Crippen LogP contribution is 2.31. The van der Waals surface area contributed by atoms with Gasteiger partial charge in [0.15, 0.2) is 0 Å². The Morgan fingerprint density at radius 3 is 1.07 bits per heavy atom. The summed E-state index contributed by atoms with van der Waals surface area (Å²) in [5, 5.41) is 0. The van der Waals surface area contributed by atoms with E-state index in [1.165, 1.54) is 24.3 Å². The van der Waals surface area contributed by atoms with Gasteiger partial charge in [-0.05, 0) is 95.8 Å². The first kappa shape index (κ1) is 29.0. The monoisotopic (exact) mass is 528 g/mol. The van der Waals surface area contributed by atoms with Crippen molar-refractivity contribution in [2.24, 2.45) is 20.0 Å². The van der Waals surface area contributed by atoms with E-state index in [0.717, 1.165) is 33.4 Å². The van der Waals surface area contributed by atoms with Crippen LogP contribution in [0.4, 0.5) is 22.7 Å². The van der Waals surface area contributed by atoms with Gasteiger partial charge < -0.3 is 0 Å². The summed E-state index contributed by atoms with van der Waals surface area (Å²) in [6.45, 7) is 5.99. The molecule has 8 heteroatoms. The first-order valence-electron chi connectivity index (χ1n) is 12.1. The summed E-state index contributed by atoms with van der Waals surface area (Å²) in [4.78, 5) is 55.2. The third kappa shape index (κ3) is 7.70. The van der Waals surface area contributed by atoms with Crippen molar-refractivity contribution in [1.29, 1.82) is 0 Å². The average molecular weight is 529 g/mol. The Balaban J connectivity index is 0.000000220. The van der Waals surface area contributed by atoms with Gasteiger partial charge in [-0.1, -0.05) is 43.3 Å². The summed E-state index contributed by atoms with van der Waals surface area (Å²) in [5.74, 6) is 0.193. The zero-order valence-electron chi connectivity index (χ0n) is 22.1. The SMILES string of the molecule is CC(c1ccc(N=C=O)cc1)c1ccc(N=C=O)cc1.Cc1cc(N=C=O)ccc1-c1ccc(N=C=O)cc1C. The molecule has 0 heterocycles. The van der Waals surface area contributed by atoms with Gasteiger partial charge >= 0.3 is 0 Å². The summed E-state index contributed by atoms with van der Waals surface area (Å²) in [6, 6.07) is 25.9. The van der Waals surface area contributed by atoms with E-state index < -0.39 is 0 Å². The largest absolute Gasteiger partial charge is 0.240 e. The summed E-state index contributed by atoms with van der Waals surface area (Å²) >= 11 is 0. The number of hydrogen-bond acceptors (Lipinski definition) is 8. The molecule has 0 bridgehead atoms. The second-order valence-corrected chi connectivity index (χ2v) is 8.72. The van der Waals surface area contributed by atoms with Gasteiger partial charge in [0.25, 0.3) is 0 Å². The maximum atomic E-state index is 10.3. The van der Waals surface area contributed by atoms with Crippen molar-refractivity contribution in [3.63, 3.8) is 0 Å². The van der Waals surface area contributed by atoms with Crippen LogP contribution in [0.25, 0.3) is 11.1 Å². The molecule has 0 unspecified atom stereocenters. The Bertz CT molecular complexity index is 1560. The van der Waals surface area contributed by atoms with Gasteiger partial charge in [0.1, 0.15) is 0 Å². The van der Waals surface area contributed by atoms with E-state index in [4.69, 9.17) is 0 Å². The first-order valence-corrected chi connectivity index (χ1v) is 12.1. The fourth-order valence-electron chi connectivity index (χ4n) is 4.12. The van der Waals surface area contributed by atoms with E-state index >= 15 is 0 Å². The fourth-order valence-corrected chi connectivity index (χ4v) is 4.12. The van der Waals surface area contributed by atoms with E-state index in [2.05, 4.69) is 26.9 Å². The van der Waals surface area contributed by atoms with Crippen LogP contribution in [0.2, 0.25) is 0 Å².